The molecule has 2 rings (SSSR count). The summed E-state index contributed by atoms with van der Waals surface area (Å²) >= 11 is 0. The average molecular weight is 274 g/mol. The van der Waals surface area contributed by atoms with Gasteiger partial charge in [-0.1, -0.05) is 12.1 Å². The number of hydrogen-bond acceptors (Lipinski definition) is 3. The lowest BCUT2D eigenvalue weighted by molar-refractivity contribution is -0.137. The van der Waals surface area contributed by atoms with Crippen LogP contribution in [0.1, 0.15) is 5.56 Å². The molecule has 7 nitrogen and oxygen atoms in total. The Bertz CT molecular complexity index is 636. The molecule has 1 heterocycles. The van der Waals surface area contributed by atoms with Crippen molar-refractivity contribution in [3.63, 3.8) is 0 Å². The minimum atomic E-state index is -0.996. The molecule has 0 aliphatic heterocycles. The van der Waals surface area contributed by atoms with Crippen molar-refractivity contribution in [3.8, 4) is 0 Å². The van der Waals surface area contributed by atoms with Crippen LogP contribution < -0.4 is 10.6 Å². The fourth-order valence-corrected chi connectivity index (χ4v) is 1.67. The van der Waals surface area contributed by atoms with Crippen molar-refractivity contribution >= 4 is 23.4 Å². The number of carboxylic acids is 1. The molecule has 0 radical (unpaired) electrons. The first-order chi connectivity index (χ1) is 9.52. The predicted molar refractivity (Wildman–Crippen MR) is 73.7 cm³/mol. The van der Waals surface area contributed by atoms with Crippen molar-refractivity contribution in [3.05, 3.63) is 42.2 Å². The third-order valence-electron chi connectivity index (χ3n) is 2.46. The van der Waals surface area contributed by atoms with Crippen LogP contribution in [0, 0.1) is 6.92 Å². The number of nitrogens with zero attached hydrogens (tertiary/aromatic N) is 2. The lowest BCUT2D eigenvalue weighted by Gasteiger charge is -2.06. The monoisotopic (exact) mass is 274 g/mol. The number of carboxylic acid groups (broad SMARTS) is 1. The van der Waals surface area contributed by atoms with E-state index in [-0.39, 0.29) is 6.54 Å². The third kappa shape index (κ3) is 3.84. The Balaban J connectivity index is 1.94. The second kappa shape index (κ2) is 5.87. The Morgan fingerprint density at radius 3 is 2.75 bits per heavy atom. The number of nitrogens with one attached hydrogen (secondary N) is 2. The molecule has 0 saturated carbocycles. The van der Waals surface area contributed by atoms with Crippen LogP contribution >= 0.6 is 0 Å². The molecule has 104 valence electrons. The van der Waals surface area contributed by atoms with Crippen molar-refractivity contribution < 1.29 is 14.7 Å². The van der Waals surface area contributed by atoms with Crippen molar-refractivity contribution in [1.29, 1.82) is 0 Å². The van der Waals surface area contributed by atoms with Crippen molar-refractivity contribution in [2.75, 3.05) is 10.6 Å². The summed E-state index contributed by atoms with van der Waals surface area (Å²) in [6, 6.07) is 6.98. The first-order valence-electron chi connectivity index (χ1n) is 5.92. The van der Waals surface area contributed by atoms with Crippen LogP contribution in [0.25, 0.3) is 0 Å². The summed E-state index contributed by atoms with van der Waals surface area (Å²) in [6.07, 6.45) is 2.84. The summed E-state index contributed by atoms with van der Waals surface area (Å²) in [6.45, 7) is 1.68. The van der Waals surface area contributed by atoms with Crippen LogP contribution in [0.5, 0.6) is 0 Å². The minimum absolute atomic E-state index is 0.249. The van der Waals surface area contributed by atoms with E-state index in [2.05, 4.69) is 15.7 Å². The van der Waals surface area contributed by atoms with E-state index in [4.69, 9.17) is 5.11 Å². The average Bonchev–Trinajstić information content (AvgIpc) is 2.75. The molecule has 0 atom stereocenters. The number of benzene rings is 1. The number of carbonyl (C=O) groups excluding carboxylic acids is 1. The van der Waals surface area contributed by atoms with Crippen LogP contribution in [-0.2, 0) is 11.3 Å². The first-order valence-corrected chi connectivity index (χ1v) is 5.92. The van der Waals surface area contributed by atoms with Gasteiger partial charge in [-0.15, -0.1) is 0 Å². The standard InChI is InChI=1S/C13H14N4O3/c1-9-3-2-4-10(5-9)15-13(20)16-11-6-14-17(7-11)8-12(18)19/h2-7H,8H2,1H3,(H,18,19)(H2,15,16,20). The van der Waals surface area contributed by atoms with Gasteiger partial charge in [-0.25, -0.2) is 4.79 Å². The van der Waals surface area contributed by atoms with Gasteiger partial charge in [0.15, 0.2) is 0 Å². The lowest BCUT2D eigenvalue weighted by atomic mass is 10.2. The fraction of sp³-hybridized carbons (Fsp3) is 0.154. The summed E-state index contributed by atoms with van der Waals surface area (Å²) in [5.74, 6) is -0.996. The van der Waals surface area contributed by atoms with E-state index in [9.17, 15) is 9.59 Å². The summed E-state index contributed by atoms with van der Waals surface area (Å²) in [4.78, 5) is 22.3. The normalized spacial score (nSPS) is 10.1. The topological polar surface area (TPSA) is 96.3 Å². The van der Waals surface area contributed by atoms with Gasteiger partial charge in [0.2, 0.25) is 0 Å². The molecule has 0 aliphatic rings. The Morgan fingerprint density at radius 2 is 2.05 bits per heavy atom. The van der Waals surface area contributed by atoms with E-state index in [1.165, 1.54) is 17.1 Å². The van der Waals surface area contributed by atoms with E-state index in [1.807, 2.05) is 25.1 Å². The van der Waals surface area contributed by atoms with Crippen LogP contribution in [0.3, 0.4) is 0 Å². The van der Waals surface area contributed by atoms with E-state index >= 15 is 0 Å². The summed E-state index contributed by atoms with van der Waals surface area (Å²) < 4.78 is 1.23. The number of hydrogen-bond donors (Lipinski definition) is 3. The van der Waals surface area contributed by atoms with E-state index < -0.39 is 12.0 Å². The molecule has 1 aromatic heterocycles. The van der Waals surface area contributed by atoms with Gasteiger partial charge in [0.05, 0.1) is 11.9 Å². The molecule has 0 bridgehead atoms. The Morgan fingerprint density at radius 1 is 1.30 bits per heavy atom. The molecule has 0 aliphatic carbocycles. The fourth-order valence-electron chi connectivity index (χ4n) is 1.67. The van der Waals surface area contributed by atoms with Crippen LogP contribution in [-0.4, -0.2) is 26.9 Å². The molecule has 2 aromatic rings. The highest BCUT2D eigenvalue weighted by Crippen LogP contribution is 2.11. The number of amides is 2. The Kier molecular flexibility index (Phi) is 3.99. The molecule has 0 spiro atoms. The zero-order valence-corrected chi connectivity index (χ0v) is 10.8. The highest BCUT2D eigenvalue weighted by Gasteiger charge is 2.06. The van der Waals surface area contributed by atoms with Crippen LogP contribution in [0.2, 0.25) is 0 Å². The Hall–Kier alpha value is -2.83. The second-order valence-electron chi connectivity index (χ2n) is 4.27. The number of urea groups is 1. The molecule has 0 saturated heterocycles. The molecule has 2 amide bonds. The van der Waals surface area contributed by atoms with Gasteiger partial charge in [-0.3, -0.25) is 9.48 Å². The van der Waals surface area contributed by atoms with Crippen molar-refractivity contribution in [1.82, 2.24) is 9.78 Å². The summed E-state index contributed by atoms with van der Waals surface area (Å²) in [5.41, 5.74) is 2.15. The van der Waals surface area contributed by atoms with Gasteiger partial charge in [0, 0.05) is 11.9 Å². The molecule has 0 fully saturated rings. The highest BCUT2D eigenvalue weighted by atomic mass is 16.4. The number of carbonyl (C=O) groups is 2. The first kappa shape index (κ1) is 13.6. The second-order valence-corrected chi connectivity index (χ2v) is 4.27. The van der Waals surface area contributed by atoms with Crippen molar-refractivity contribution in [2.45, 2.75) is 13.5 Å². The molecular weight excluding hydrogens is 260 g/mol. The van der Waals surface area contributed by atoms with Gasteiger partial charge < -0.3 is 15.7 Å². The van der Waals surface area contributed by atoms with Crippen LogP contribution in [0.4, 0.5) is 16.2 Å². The molecule has 0 unspecified atom stereocenters. The number of aliphatic carboxylic acids is 1. The van der Waals surface area contributed by atoms with E-state index in [1.54, 1.807) is 6.07 Å². The Labute approximate surface area is 115 Å². The molecule has 1 aromatic carbocycles. The van der Waals surface area contributed by atoms with Gasteiger partial charge in [0.1, 0.15) is 6.54 Å². The number of aryl methyl sites for hydroxylation is 1. The smallest absolute Gasteiger partial charge is 0.325 e. The van der Waals surface area contributed by atoms with E-state index in [0.717, 1.165) is 5.56 Å². The SMILES string of the molecule is Cc1cccc(NC(=O)Nc2cnn(CC(=O)O)c2)c1. The maximum absolute atomic E-state index is 11.7. The predicted octanol–water partition coefficient (Wildman–Crippen LogP) is 1.92. The lowest BCUT2D eigenvalue weighted by Crippen LogP contribution is -2.19. The van der Waals surface area contributed by atoms with Gasteiger partial charge >= 0.3 is 12.0 Å². The molecule has 3 N–H and O–H groups in total. The van der Waals surface area contributed by atoms with Gasteiger partial charge in [-0.2, -0.15) is 5.10 Å². The van der Waals surface area contributed by atoms with Gasteiger partial charge in [-0.05, 0) is 24.6 Å². The third-order valence-corrected chi connectivity index (χ3v) is 2.46. The number of aromatic nitrogens is 2. The van der Waals surface area contributed by atoms with Gasteiger partial charge in [0.25, 0.3) is 0 Å². The quantitative estimate of drug-likeness (QED) is 0.793. The van der Waals surface area contributed by atoms with E-state index in [0.29, 0.717) is 11.4 Å². The molecule has 20 heavy (non-hydrogen) atoms. The maximum atomic E-state index is 11.7. The largest absolute Gasteiger partial charge is 0.480 e. The number of anilines is 2. The highest BCUT2D eigenvalue weighted by molar-refractivity contribution is 5.99. The summed E-state index contributed by atoms with van der Waals surface area (Å²) in [7, 11) is 0. The van der Waals surface area contributed by atoms with Crippen LogP contribution in [0.15, 0.2) is 36.7 Å². The zero-order valence-electron chi connectivity index (χ0n) is 10.8. The zero-order chi connectivity index (χ0) is 14.5. The number of rotatable bonds is 4. The van der Waals surface area contributed by atoms with Crippen molar-refractivity contribution in [2.24, 2.45) is 0 Å². The molecule has 7 heteroatoms. The minimum Gasteiger partial charge on any atom is -0.480 e. The summed E-state index contributed by atoms with van der Waals surface area (Å²) in [5, 5.41) is 17.7. The molecular formula is C13H14N4O3. The maximum Gasteiger partial charge on any atom is 0.325 e.